The molecule has 2 aromatic carbocycles. The van der Waals surface area contributed by atoms with Crippen molar-refractivity contribution in [3.63, 3.8) is 0 Å². The maximum absolute atomic E-state index is 16.0. The molecule has 1 aliphatic carbocycles. The highest BCUT2D eigenvalue weighted by atomic mass is 32.2. The molecule has 1 fully saturated rings. The van der Waals surface area contributed by atoms with Gasteiger partial charge in [-0.15, -0.1) is 11.8 Å². The lowest BCUT2D eigenvalue weighted by Gasteiger charge is -2.52. The molecule has 1 N–H and O–H groups in total. The predicted molar refractivity (Wildman–Crippen MR) is 195 cm³/mol. The molecule has 2 heterocycles. The molecule has 1 unspecified atom stereocenters. The number of aromatic nitrogens is 3. The second-order valence-electron chi connectivity index (χ2n) is 13.0. The summed E-state index contributed by atoms with van der Waals surface area (Å²) in [7, 11) is 3.37. The highest BCUT2D eigenvalue weighted by molar-refractivity contribution is 8.01. The number of aliphatic carboxylic acids is 1. The zero-order chi connectivity index (χ0) is 38.9. The number of likely N-dealkylation sites (N-methyl/N-ethyl adjacent to an activating group) is 1. The predicted octanol–water partition coefficient (Wildman–Crippen LogP) is 5.70. The summed E-state index contributed by atoms with van der Waals surface area (Å²) < 4.78 is 62.5. The zero-order valence-corrected chi connectivity index (χ0v) is 30.7. The third kappa shape index (κ3) is 8.85. The molecule has 0 spiro atoms. The van der Waals surface area contributed by atoms with Gasteiger partial charge in [-0.3, -0.25) is 19.2 Å². The molecule has 3 aromatic rings. The van der Waals surface area contributed by atoms with Gasteiger partial charge in [0.15, 0.2) is 6.29 Å². The van der Waals surface area contributed by atoms with Crippen molar-refractivity contribution < 1.29 is 42.1 Å². The molecule has 0 bridgehead atoms. The van der Waals surface area contributed by atoms with E-state index >= 15 is 4.39 Å². The highest BCUT2D eigenvalue weighted by Crippen LogP contribution is 2.57. The SMILES string of the molecule is CCC(Cn1cncn1)C1=CC=C[C@](C(=O)O)(c2ccc(F)cc2F)[C@]1(COC(=O)CN(C)C)SC1COC(C=CC=Cc2ccc(C#N)cc2F)OC1. The normalized spacial score (nSPS) is 23.4. The van der Waals surface area contributed by atoms with Crippen LogP contribution in [0.5, 0.6) is 0 Å². The fraction of sp³-hybridized carbons (Fsp3) is 0.359. The minimum atomic E-state index is -2.21. The van der Waals surface area contributed by atoms with Gasteiger partial charge in [0.2, 0.25) is 0 Å². The molecular formula is C39H40F3N5O6S. The van der Waals surface area contributed by atoms with Gasteiger partial charge in [-0.1, -0.05) is 55.5 Å². The molecular weight excluding hydrogens is 724 g/mol. The van der Waals surface area contributed by atoms with Crippen molar-refractivity contribution in [1.29, 1.82) is 5.26 Å². The number of nitriles is 1. The summed E-state index contributed by atoms with van der Waals surface area (Å²) in [5, 5.41) is 23.9. The lowest BCUT2D eigenvalue weighted by atomic mass is 9.62. The molecule has 15 heteroatoms. The highest BCUT2D eigenvalue weighted by Gasteiger charge is 2.63. The second-order valence-corrected chi connectivity index (χ2v) is 14.6. The van der Waals surface area contributed by atoms with Crippen LogP contribution in [0.25, 0.3) is 6.08 Å². The van der Waals surface area contributed by atoms with Gasteiger partial charge in [0.05, 0.1) is 41.4 Å². The Morgan fingerprint density at radius 1 is 1.17 bits per heavy atom. The monoisotopic (exact) mass is 763 g/mol. The van der Waals surface area contributed by atoms with Gasteiger partial charge in [0.25, 0.3) is 0 Å². The Morgan fingerprint density at radius 3 is 2.57 bits per heavy atom. The number of hydrogen-bond acceptors (Lipinski definition) is 10. The molecule has 1 saturated heterocycles. The first-order valence-corrected chi connectivity index (χ1v) is 18.0. The van der Waals surface area contributed by atoms with E-state index in [0.29, 0.717) is 18.1 Å². The standard InChI is InChI=1S/C39H40F3N5O6S/c1-4-27(19-47-25-44-24-45-47)31-9-7-15-38(37(49)50,32-14-13-29(40)17-34(32)42)39(31,23-53-35(48)20-46(2)3)54-30-21-51-36(52-22-30)10-6-5-8-28-12-11-26(18-43)16-33(28)41/h5-17,24-25,27,30,36H,4,19-23H2,1-3H3,(H,49,50)/t27?,30?,36?,38-,39-/m1/s1. The van der Waals surface area contributed by atoms with Crippen LogP contribution in [0.15, 0.2) is 91.1 Å². The van der Waals surface area contributed by atoms with E-state index in [9.17, 15) is 23.5 Å². The van der Waals surface area contributed by atoms with Crippen LogP contribution in [0, 0.1) is 34.7 Å². The van der Waals surface area contributed by atoms with Crippen molar-refractivity contribution in [2.45, 2.75) is 41.6 Å². The van der Waals surface area contributed by atoms with E-state index in [0.717, 1.165) is 30.0 Å². The van der Waals surface area contributed by atoms with Crippen LogP contribution in [0.1, 0.15) is 30.0 Å². The quantitative estimate of drug-likeness (QED) is 0.151. The third-order valence-electron chi connectivity index (χ3n) is 9.15. The Kier molecular flexibility index (Phi) is 13.3. The fourth-order valence-electron chi connectivity index (χ4n) is 6.62. The second kappa shape index (κ2) is 17.9. The van der Waals surface area contributed by atoms with Crippen molar-refractivity contribution in [1.82, 2.24) is 19.7 Å². The minimum Gasteiger partial charge on any atom is -0.480 e. The van der Waals surface area contributed by atoms with Crippen LogP contribution in [0.4, 0.5) is 13.2 Å². The number of thioether (sulfide) groups is 1. The molecule has 54 heavy (non-hydrogen) atoms. The van der Waals surface area contributed by atoms with Crippen LogP contribution >= 0.6 is 11.8 Å². The number of carboxylic acids is 1. The van der Waals surface area contributed by atoms with E-state index in [-0.39, 0.29) is 43.0 Å². The van der Waals surface area contributed by atoms with Crippen LogP contribution < -0.4 is 0 Å². The van der Waals surface area contributed by atoms with Crippen LogP contribution in [-0.2, 0) is 35.8 Å². The van der Waals surface area contributed by atoms with E-state index in [2.05, 4.69) is 10.1 Å². The largest absolute Gasteiger partial charge is 0.480 e. The van der Waals surface area contributed by atoms with Gasteiger partial charge in [-0.05, 0) is 50.4 Å². The first-order chi connectivity index (χ1) is 25.9. The van der Waals surface area contributed by atoms with Crippen LogP contribution in [-0.4, -0.2) is 93.5 Å². The number of ether oxygens (including phenoxy) is 3. The van der Waals surface area contributed by atoms with E-state index in [1.807, 2.05) is 13.0 Å². The summed E-state index contributed by atoms with van der Waals surface area (Å²) in [6, 6.07) is 8.80. The molecule has 2 aliphatic rings. The van der Waals surface area contributed by atoms with Gasteiger partial charge in [0, 0.05) is 29.7 Å². The Labute approximate surface area is 315 Å². The maximum atomic E-state index is 16.0. The fourth-order valence-corrected chi connectivity index (χ4v) is 8.43. The number of allylic oxidation sites excluding steroid dienone is 4. The lowest BCUT2D eigenvalue weighted by Crippen LogP contribution is -2.61. The molecule has 5 rings (SSSR count). The van der Waals surface area contributed by atoms with Crippen molar-refractivity contribution in [3.8, 4) is 6.07 Å². The topological polar surface area (TPSA) is 140 Å². The Balaban J connectivity index is 1.52. The number of nitrogens with zero attached hydrogens (tertiary/aromatic N) is 5. The Hall–Kier alpha value is -5.01. The number of carbonyl (C=O) groups is 2. The van der Waals surface area contributed by atoms with Gasteiger partial charge in [-0.25, -0.2) is 18.2 Å². The van der Waals surface area contributed by atoms with Gasteiger partial charge in [-0.2, -0.15) is 10.4 Å². The third-order valence-corrected chi connectivity index (χ3v) is 10.8. The summed E-state index contributed by atoms with van der Waals surface area (Å²) in [4.78, 5) is 32.7. The molecule has 284 valence electrons. The molecule has 0 radical (unpaired) electrons. The summed E-state index contributed by atoms with van der Waals surface area (Å²) >= 11 is 1.14. The molecule has 3 atom stereocenters. The van der Waals surface area contributed by atoms with E-state index < -0.39 is 63.6 Å². The molecule has 11 nitrogen and oxygen atoms in total. The van der Waals surface area contributed by atoms with Crippen molar-refractivity contribution >= 4 is 29.8 Å². The molecule has 0 saturated carbocycles. The van der Waals surface area contributed by atoms with Gasteiger partial charge < -0.3 is 19.3 Å². The Morgan fingerprint density at radius 2 is 1.94 bits per heavy atom. The minimum absolute atomic E-state index is 0.0551. The lowest BCUT2D eigenvalue weighted by molar-refractivity contribution is -0.150. The van der Waals surface area contributed by atoms with Crippen molar-refractivity contribution in [2.24, 2.45) is 5.92 Å². The zero-order valence-electron chi connectivity index (χ0n) is 29.9. The van der Waals surface area contributed by atoms with Gasteiger partial charge >= 0.3 is 11.9 Å². The number of halogens is 3. The molecule has 0 amide bonds. The van der Waals surface area contributed by atoms with E-state index in [1.165, 1.54) is 36.9 Å². The summed E-state index contributed by atoms with van der Waals surface area (Å²) in [6.45, 7) is 1.71. The van der Waals surface area contributed by atoms with Crippen molar-refractivity contribution in [3.05, 3.63) is 125 Å². The number of esters is 1. The average molecular weight is 764 g/mol. The van der Waals surface area contributed by atoms with Gasteiger partial charge in [0.1, 0.15) is 42.1 Å². The number of rotatable bonds is 15. The smallest absolute Gasteiger partial charge is 0.320 e. The molecule has 1 aromatic heterocycles. The van der Waals surface area contributed by atoms with Crippen LogP contribution in [0.2, 0.25) is 0 Å². The Bertz CT molecular complexity index is 1970. The van der Waals surface area contributed by atoms with Crippen LogP contribution in [0.3, 0.4) is 0 Å². The van der Waals surface area contributed by atoms with Crippen molar-refractivity contribution in [2.75, 3.05) is 40.5 Å². The maximum Gasteiger partial charge on any atom is 0.320 e. The number of benzene rings is 2. The summed E-state index contributed by atoms with van der Waals surface area (Å²) in [6.07, 6.45) is 13.6. The van der Waals surface area contributed by atoms with E-state index in [4.69, 9.17) is 19.5 Å². The molecule has 1 aliphatic heterocycles. The average Bonchev–Trinajstić information content (AvgIpc) is 3.66. The number of carbonyl (C=O) groups excluding carboxylic acids is 1. The number of hydrogen-bond donors (Lipinski definition) is 1. The summed E-state index contributed by atoms with van der Waals surface area (Å²) in [5.74, 6) is -4.98. The summed E-state index contributed by atoms with van der Waals surface area (Å²) in [5.41, 5.74) is -1.49. The van der Waals surface area contributed by atoms with E-state index in [1.54, 1.807) is 54.1 Å². The first-order valence-electron chi connectivity index (χ1n) is 17.1. The first kappa shape index (κ1) is 40.2. The number of carboxylic acid groups (broad SMARTS) is 1.